The summed E-state index contributed by atoms with van der Waals surface area (Å²) in [4.78, 5) is 16.3. The summed E-state index contributed by atoms with van der Waals surface area (Å²) in [5, 5.41) is 0. The summed E-state index contributed by atoms with van der Waals surface area (Å²) in [6.07, 6.45) is 1.74. The summed E-state index contributed by atoms with van der Waals surface area (Å²) < 4.78 is 5.32. The van der Waals surface area contributed by atoms with Gasteiger partial charge in [0.15, 0.2) is 5.78 Å². The summed E-state index contributed by atoms with van der Waals surface area (Å²) in [7, 11) is 0. The molecule has 1 heterocycles. The van der Waals surface area contributed by atoms with Crippen molar-refractivity contribution in [1.82, 2.24) is 0 Å². The summed E-state index contributed by atoms with van der Waals surface area (Å²) in [5.74, 6) is 0.992. The average molecular weight is 303 g/mol. The molecule has 0 bridgehead atoms. The molecule has 0 unspecified atom stereocenters. The normalized spacial score (nSPS) is 10.7. The Balaban J connectivity index is 2.33. The second kappa shape index (κ2) is 6.85. The van der Waals surface area contributed by atoms with E-state index in [-0.39, 0.29) is 5.78 Å². The molecule has 0 saturated carbocycles. The zero-order chi connectivity index (χ0) is 15.4. The molecule has 3 nitrogen and oxygen atoms in total. The third-order valence-corrected chi connectivity index (χ3v) is 4.33. The van der Waals surface area contributed by atoms with Crippen molar-refractivity contribution >= 4 is 23.2 Å². The Hall–Kier alpha value is -1.68. The second-order valence-electron chi connectivity index (χ2n) is 4.90. The Morgan fingerprint density at radius 3 is 2.43 bits per heavy atom. The molecule has 21 heavy (non-hydrogen) atoms. The molecule has 1 aromatic carbocycles. The highest BCUT2D eigenvalue weighted by molar-refractivity contribution is 7.99. The summed E-state index contributed by atoms with van der Waals surface area (Å²) >= 11 is 1.61. The van der Waals surface area contributed by atoms with Crippen LogP contribution in [0.4, 0.5) is 5.69 Å². The Labute approximate surface area is 130 Å². The van der Waals surface area contributed by atoms with E-state index < -0.39 is 0 Å². The third-order valence-electron chi connectivity index (χ3n) is 3.39. The van der Waals surface area contributed by atoms with Crippen LogP contribution in [0.2, 0.25) is 0 Å². The fourth-order valence-electron chi connectivity index (χ4n) is 2.31. The van der Waals surface area contributed by atoms with Gasteiger partial charge in [-0.1, -0.05) is 11.8 Å². The van der Waals surface area contributed by atoms with Crippen molar-refractivity contribution in [3.8, 4) is 0 Å². The molecule has 0 atom stereocenters. The van der Waals surface area contributed by atoms with Crippen LogP contribution in [0.1, 0.15) is 36.9 Å². The first-order valence-corrected chi connectivity index (χ1v) is 7.99. The first kappa shape index (κ1) is 15.7. The lowest BCUT2D eigenvalue weighted by molar-refractivity contribution is 0.101. The number of rotatable bonds is 6. The van der Waals surface area contributed by atoms with Crippen LogP contribution in [0.3, 0.4) is 0 Å². The Morgan fingerprint density at radius 2 is 1.90 bits per heavy atom. The molecule has 112 valence electrons. The zero-order valence-electron chi connectivity index (χ0n) is 13.0. The molecular weight excluding hydrogens is 282 g/mol. The standard InChI is InChI=1S/C17H21NO2S/c1-5-18(6-2)17-8-7-14(10-16(17)13(4)19)21-15-9-12(3)20-11-15/h7-11H,5-6H2,1-4H3. The van der Waals surface area contributed by atoms with Gasteiger partial charge in [0.2, 0.25) is 0 Å². The summed E-state index contributed by atoms with van der Waals surface area (Å²) in [6.45, 7) is 9.54. The van der Waals surface area contributed by atoms with Gasteiger partial charge >= 0.3 is 0 Å². The number of hydrogen-bond donors (Lipinski definition) is 0. The second-order valence-corrected chi connectivity index (χ2v) is 6.05. The predicted molar refractivity (Wildman–Crippen MR) is 87.6 cm³/mol. The Morgan fingerprint density at radius 1 is 1.19 bits per heavy atom. The van der Waals surface area contributed by atoms with Gasteiger partial charge in [-0.05, 0) is 52.0 Å². The van der Waals surface area contributed by atoms with Crippen molar-refractivity contribution in [1.29, 1.82) is 0 Å². The van der Waals surface area contributed by atoms with E-state index in [1.165, 1.54) is 0 Å². The molecule has 4 heteroatoms. The van der Waals surface area contributed by atoms with E-state index in [4.69, 9.17) is 4.42 Å². The van der Waals surface area contributed by atoms with E-state index in [1.807, 2.05) is 25.1 Å². The minimum atomic E-state index is 0.0997. The highest BCUT2D eigenvalue weighted by Gasteiger charge is 2.13. The molecule has 2 aromatic rings. The topological polar surface area (TPSA) is 33.5 Å². The van der Waals surface area contributed by atoms with Crippen LogP contribution in [0.15, 0.2) is 44.7 Å². The quantitative estimate of drug-likeness (QED) is 0.719. The van der Waals surface area contributed by atoms with Crippen LogP contribution in [-0.2, 0) is 0 Å². The number of aryl methyl sites for hydroxylation is 1. The van der Waals surface area contributed by atoms with Gasteiger partial charge in [-0.2, -0.15) is 0 Å². The van der Waals surface area contributed by atoms with Gasteiger partial charge in [0.25, 0.3) is 0 Å². The maximum atomic E-state index is 12.0. The van der Waals surface area contributed by atoms with Gasteiger partial charge in [-0.25, -0.2) is 0 Å². The van der Waals surface area contributed by atoms with E-state index in [9.17, 15) is 4.79 Å². The van der Waals surface area contributed by atoms with Crippen molar-refractivity contribution < 1.29 is 9.21 Å². The van der Waals surface area contributed by atoms with Crippen molar-refractivity contribution in [2.75, 3.05) is 18.0 Å². The van der Waals surface area contributed by atoms with Gasteiger partial charge in [0.1, 0.15) is 12.0 Å². The molecule has 0 spiro atoms. The minimum absolute atomic E-state index is 0.0997. The molecule has 0 aliphatic carbocycles. The van der Waals surface area contributed by atoms with E-state index >= 15 is 0 Å². The lowest BCUT2D eigenvalue weighted by atomic mass is 10.1. The number of carbonyl (C=O) groups excluding carboxylic acids is 1. The monoisotopic (exact) mass is 303 g/mol. The minimum Gasteiger partial charge on any atom is -0.468 e. The molecule has 1 aromatic heterocycles. The molecule has 0 aliphatic heterocycles. The lowest BCUT2D eigenvalue weighted by Gasteiger charge is -2.23. The first-order chi connectivity index (χ1) is 10.0. The predicted octanol–water partition coefficient (Wildman–Crippen LogP) is 4.79. The number of nitrogens with zero attached hydrogens (tertiary/aromatic N) is 1. The number of ketones is 1. The van der Waals surface area contributed by atoms with Gasteiger partial charge in [-0.15, -0.1) is 0 Å². The summed E-state index contributed by atoms with van der Waals surface area (Å²) in [5.41, 5.74) is 1.80. The maximum Gasteiger partial charge on any atom is 0.161 e. The van der Waals surface area contributed by atoms with Gasteiger partial charge in [0, 0.05) is 29.2 Å². The fourth-order valence-corrected chi connectivity index (χ4v) is 3.22. The molecule has 2 rings (SSSR count). The van der Waals surface area contributed by atoms with Gasteiger partial charge < -0.3 is 9.32 Å². The van der Waals surface area contributed by atoms with Crippen molar-refractivity contribution in [3.63, 3.8) is 0 Å². The molecule has 0 N–H and O–H groups in total. The molecule has 0 amide bonds. The van der Waals surface area contributed by atoms with Crippen LogP contribution >= 0.6 is 11.8 Å². The van der Waals surface area contributed by atoms with Crippen molar-refractivity contribution in [2.45, 2.75) is 37.5 Å². The average Bonchev–Trinajstić information content (AvgIpc) is 2.86. The first-order valence-electron chi connectivity index (χ1n) is 7.18. The van der Waals surface area contributed by atoms with Crippen molar-refractivity contribution in [3.05, 3.63) is 41.9 Å². The van der Waals surface area contributed by atoms with Crippen molar-refractivity contribution in [2.24, 2.45) is 0 Å². The maximum absolute atomic E-state index is 12.0. The van der Waals surface area contributed by atoms with Crippen LogP contribution in [0.5, 0.6) is 0 Å². The van der Waals surface area contributed by atoms with E-state index in [0.29, 0.717) is 0 Å². The number of hydrogen-bond acceptors (Lipinski definition) is 4. The Bertz CT molecular complexity index is 629. The number of carbonyl (C=O) groups is 1. The van der Waals surface area contributed by atoms with E-state index in [1.54, 1.807) is 24.9 Å². The van der Waals surface area contributed by atoms with Gasteiger partial charge in [-0.3, -0.25) is 4.79 Å². The van der Waals surface area contributed by atoms with Gasteiger partial charge in [0.05, 0.1) is 4.90 Å². The van der Waals surface area contributed by atoms with Crippen LogP contribution in [0.25, 0.3) is 0 Å². The van der Waals surface area contributed by atoms with Crippen LogP contribution in [-0.4, -0.2) is 18.9 Å². The molecule has 0 radical (unpaired) electrons. The van der Waals surface area contributed by atoms with E-state index in [0.717, 1.165) is 39.9 Å². The number of furan rings is 1. The number of benzene rings is 1. The highest BCUT2D eigenvalue weighted by atomic mass is 32.2. The fraction of sp³-hybridized carbons (Fsp3) is 0.353. The zero-order valence-corrected chi connectivity index (χ0v) is 13.8. The van der Waals surface area contributed by atoms with Crippen LogP contribution < -0.4 is 4.90 Å². The van der Waals surface area contributed by atoms with E-state index in [2.05, 4.69) is 24.8 Å². The Kier molecular flexibility index (Phi) is 5.12. The van der Waals surface area contributed by atoms with Crippen LogP contribution in [0, 0.1) is 6.92 Å². The lowest BCUT2D eigenvalue weighted by Crippen LogP contribution is -2.23. The highest BCUT2D eigenvalue weighted by Crippen LogP contribution is 2.33. The largest absolute Gasteiger partial charge is 0.468 e. The number of anilines is 1. The SMILES string of the molecule is CCN(CC)c1ccc(Sc2coc(C)c2)cc1C(C)=O. The molecule has 0 aliphatic rings. The third kappa shape index (κ3) is 3.70. The smallest absolute Gasteiger partial charge is 0.161 e. The summed E-state index contributed by atoms with van der Waals surface area (Å²) in [6, 6.07) is 8.07. The molecule has 0 saturated heterocycles. The molecule has 0 fully saturated rings. The molecular formula is C17H21NO2S. The number of Topliss-reactive ketones (excluding diaryl/α,β-unsaturated/α-hetero) is 1.